The van der Waals surface area contributed by atoms with Gasteiger partial charge in [-0.05, 0) is 30.3 Å². The molecule has 0 aliphatic heterocycles. The number of anilines is 3. The molecule has 19 heavy (non-hydrogen) atoms. The van der Waals surface area contributed by atoms with E-state index in [1.54, 1.807) is 43.4 Å². The van der Waals surface area contributed by atoms with Crippen LogP contribution in [0.25, 0.3) is 0 Å². The van der Waals surface area contributed by atoms with Gasteiger partial charge in [0.05, 0.1) is 5.56 Å². The SMILES string of the molecule is CN(C(=O)c1ccc(N)cc1N)c1cccc(O)c1. The summed E-state index contributed by atoms with van der Waals surface area (Å²) in [6.45, 7) is 0. The second-order valence-electron chi connectivity index (χ2n) is 4.23. The van der Waals surface area contributed by atoms with E-state index in [9.17, 15) is 9.90 Å². The third kappa shape index (κ3) is 2.60. The molecule has 5 heteroatoms. The summed E-state index contributed by atoms with van der Waals surface area (Å²) in [6, 6.07) is 11.2. The summed E-state index contributed by atoms with van der Waals surface area (Å²) in [5, 5.41) is 9.43. The zero-order chi connectivity index (χ0) is 14.0. The van der Waals surface area contributed by atoms with Gasteiger partial charge in [-0.3, -0.25) is 4.79 Å². The van der Waals surface area contributed by atoms with Crippen molar-refractivity contribution in [3.05, 3.63) is 48.0 Å². The summed E-state index contributed by atoms with van der Waals surface area (Å²) >= 11 is 0. The first-order valence-corrected chi connectivity index (χ1v) is 5.71. The van der Waals surface area contributed by atoms with Crippen molar-refractivity contribution in [2.24, 2.45) is 0 Å². The number of hydrogen-bond donors (Lipinski definition) is 3. The molecule has 1 amide bonds. The Morgan fingerprint density at radius 2 is 1.89 bits per heavy atom. The van der Waals surface area contributed by atoms with Gasteiger partial charge in [0.1, 0.15) is 5.75 Å². The van der Waals surface area contributed by atoms with Crippen molar-refractivity contribution < 1.29 is 9.90 Å². The summed E-state index contributed by atoms with van der Waals surface area (Å²) < 4.78 is 0. The van der Waals surface area contributed by atoms with E-state index in [0.29, 0.717) is 22.6 Å². The average Bonchev–Trinajstić information content (AvgIpc) is 2.37. The maximum absolute atomic E-state index is 12.3. The highest BCUT2D eigenvalue weighted by Crippen LogP contribution is 2.23. The maximum atomic E-state index is 12.3. The van der Waals surface area contributed by atoms with Crippen molar-refractivity contribution in [2.45, 2.75) is 0 Å². The lowest BCUT2D eigenvalue weighted by Crippen LogP contribution is -2.27. The quantitative estimate of drug-likeness (QED) is 0.715. The fourth-order valence-corrected chi connectivity index (χ4v) is 1.78. The van der Waals surface area contributed by atoms with Gasteiger partial charge in [0.2, 0.25) is 0 Å². The fourth-order valence-electron chi connectivity index (χ4n) is 1.78. The lowest BCUT2D eigenvalue weighted by Gasteiger charge is -2.18. The van der Waals surface area contributed by atoms with Gasteiger partial charge < -0.3 is 21.5 Å². The molecule has 0 aromatic heterocycles. The molecule has 0 unspecified atom stereocenters. The minimum atomic E-state index is -0.261. The fraction of sp³-hybridized carbons (Fsp3) is 0.0714. The van der Waals surface area contributed by atoms with Crippen molar-refractivity contribution >= 4 is 23.0 Å². The molecule has 0 heterocycles. The van der Waals surface area contributed by atoms with Crippen LogP contribution in [0, 0.1) is 0 Å². The molecule has 0 aliphatic carbocycles. The highest BCUT2D eigenvalue weighted by molar-refractivity contribution is 6.09. The topological polar surface area (TPSA) is 92.6 Å². The summed E-state index contributed by atoms with van der Waals surface area (Å²) in [4.78, 5) is 13.7. The van der Waals surface area contributed by atoms with Gasteiger partial charge in [-0.1, -0.05) is 6.07 Å². The molecule has 2 aromatic rings. The number of nitrogens with two attached hydrogens (primary N) is 2. The highest BCUT2D eigenvalue weighted by Gasteiger charge is 2.16. The van der Waals surface area contributed by atoms with Crippen LogP contribution < -0.4 is 16.4 Å². The molecule has 0 aliphatic rings. The zero-order valence-corrected chi connectivity index (χ0v) is 10.5. The van der Waals surface area contributed by atoms with Gasteiger partial charge >= 0.3 is 0 Å². The number of phenolic OH excluding ortho intramolecular Hbond substituents is 1. The second kappa shape index (κ2) is 4.89. The van der Waals surface area contributed by atoms with Crippen molar-refractivity contribution in [1.82, 2.24) is 0 Å². The van der Waals surface area contributed by atoms with E-state index in [-0.39, 0.29) is 11.7 Å². The van der Waals surface area contributed by atoms with Gasteiger partial charge in [0.25, 0.3) is 5.91 Å². The number of nitrogen functional groups attached to an aromatic ring is 2. The predicted molar refractivity (Wildman–Crippen MR) is 76.1 cm³/mol. The molecular formula is C14H15N3O2. The minimum Gasteiger partial charge on any atom is -0.508 e. The molecule has 0 radical (unpaired) electrons. The summed E-state index contributed by atoms with van der Waals surface area (Å²) in [6.07, 6.45) is 0. The first kappa shape index (κ1) is 12.8. The number of amides is 1. The number of aromatic hydroxyl groups is 1. The first-order valence-electron chi connectivity index (χ1n) is 5.71. The van der Waals surface area contributed by atoms with Gasteiger partial charge in [-0.25, -0.2) is 0 Å². The minimum absolute atomic E-state index is 0.0995. The first-order chi connectivity index (χ1) is 8.99. The Balaban J connectivity index is 2.33. The Bertz CT molecular complexity index is 626. The van der Waals surface area contributed by atoms with Crippen LogP contribution in [0.2, 0.25) is 0 Å². The van der Waals surface area contributed by atoms with Gasteiger partial charge in [-0.15, -0.1) is 0 Å². The van der Waals surface area contributed by atoms with E-state index in [1.807, 2.05) is 0 Å². The zero-order valence-electron chi connectivity index (χ0n) is 10.5. The predicted octanol–water partition coefficient (Wildman–Crippen LogP) is 1.83. The Labute approximate surface area is 111 Å². The smallest absolute Gasteiger partial charge is 0.260 e. The molecule has 5 nitrogen and oxygen atoms in total. The van der Waals surface area contributed by atoms with Crippen LogP contribution in [0.15, 0.2) is 42.5 Å². The van der Waals surface area contributed by atoms with Gasteiger partial charge in [0.15, 0.2) is 0 Å². The molecule has 5 N–H and O–H groups in total. The molecule has 0 saturated heterocycles. The lowest BCUT2D eigenvalue weighted by molar-refractivity contribution is 0.0994. The standard InChI is InChI=1S/C14H15N3O2/c1-17(10-3-2-4-11(18)8-10)14(19)12-6-5-9(15)7-13(12)16/h2-8,18H,15-16H2,1H3. The molecule has 0 atom stereocenters. The average molecular weight is 257 g/mol. The monoisotopic (exact) mass is 257 g/mol. The molecule has 2 aromatic carbocycles. The number of nitrogens with zero attached hydrogens (tertiary/aromatic N) is 1. The number of carbonyl (C=O) groups is 1. The highest BCUT2D eigenvalue weighted by atomic mass is 16.3. The Morgan fingerprint density at radius 3 is 2.53 bits per heavy atom. The van der Waals surface area contributed by atoms with E-state index in [4.69, 9.17) is 11.5 Å². The second-order valence-corrected chi connectivity index (χ2v) is 4.23. The summed E-state index contributed by atoms with van der Waals surface area (Å²) in [7, 11) is 1.62. The van der Waals surface area contributed by atoms with Crippen LogP contribution >= 0.6 is 0 Å². The Kier molecular flexibility index (Phi) is 3.29. The van der Waals surface area contributed by atoms with Gasteiger partial charge in [-0.2, -0.15) is 0 Å². The van der Waals surface area contributed by atoms with Crippen LogP contribution in [0.5, 0.6) is 5.75 Å². The van der Waals surface area contributed by atoms with E-state index >= 15 is 0 Å². The van der Waals surface area contributed by atoms with Crippen LogP contribution in [-0.2, 0) is 0 Å². The summed E-state index contributed by atoms with van der Waals surface area (Å²) in [5.74, 6) is -0.162. The maximum Gasteiger partial charge on any atom is 0.260 e. The molecule has 2 rings (SSSR count). The van der Waals surface area contributed by atoms with Crippen molar-refractivity contribution in [1.29, 1.82) is 0 Å². The van der Waals surface area contributed by atoms with Gasteiger partial charge in [0, 0.05) is 30.2 Å². The molecule has 0 spiro atoms. The molecular weight excluding hydrogens is 242 g/mol. The number of rotatable bonds is 2. The van der Waals surface area contributed by atoms with Crippen molar-refractivity contribution in [2.75, 3.05) is 23.4 Å². The lowest BCUT2D eigenvalue weighted by atomic mass is 10.1. The van der Waals surface area contributed by atoms with E-state index in [1.165, 1.54) is 11.0 Å². The number of benzene rings is 2. The van der Waals surface area contributed by atoms with Crippen molar-refractivity contribution in [3.63, 3.8) is 0 Å². The normalized spacial score (nSPS) is 10.2. The van der Waals surface area contributed by atoms with Crippen LogP contribution in [0.4, 0.5) is 17.1 Å². The van der Waals surface area contributed by atoms with Crippen molar-refractivity contribution in [3.8, 4) is 5.75 Å². The third-order valence-electron chi connectivity index (χ3n) is 2.83. The van der Waals surface area contributed by atoms with Crippen LogP contribution in [0.3, 0.4) is 0 Å². The molecule has 98 valence electrons. The molecule has 0 fully saturated rings. The third-order valence-corrected chi connectivity index (χ3v) is 2.83. The summed E-state index contributed by atoms with van der Waals surface area (Å²) in [5.41, 5.74) is 13.2. The number of hydrogen-bond acceptors (Lipinski definition) is 4. The largest absolute Gasteiger partial charge is 0.508 e. The number of carbonyl (C=O) groups excluding carboxylic acids is 1. The van der Waals surface area contributed by atoms with E-state index in [2.05, 4.69) is 0 Å². The van der Waals surface area contributed by atoms with Crippen LogP contribution in [-0.4, -0.2) is 18.1 Å². The number of phenols is 1. The van der Waals surface area contributed by atoms with E-state index < -0.39 is 0 Å². The molecule has 0 saturated carbocycles. The van der Waals surface area contributed by atoms with E-state index in [0.717, 1.165) is 0 Å². The molecule has 0 bridgehead atoms. The Morgan fingerprint density at radius 1 is 1.16 bits per heavy atom. The Hall–Kier alpha value is -2.69. The van der Waals surface area contributed by atoms with Crippen LogP contribution in [0.1, 0.15) is 10.4 Å².